The van der Waals surface area contributed by atoms with Crippen LogP contribution in [0.25, 0.3) is 10.9 Å². The van der Waals surface area contributed by atoms with E-state index in [1.807, 2.05) is 18.2 Å². The summed E-state index contributed by atoms with van der Waals surface area (Å²) in [5, 5.41) is 6.69. The highest BCUT2D eigenvalue weighted by Crippen LogP contribution is 2.23. The summed E-state index contributed by atoms with van der Waals surface area (Å²) in [5.41, 5.74) is 3.25. The van der Waals surface area contributed by atoms with Crippen molar-refractivity contribution in [1.82, 2.24) is 9.55 Å². The number of para-hydroxylation sites is 1. The second-order valence-electron chi connectivity index (χ2n) is 8.32. The molecule has 34 heavy (non-hydrogen) atoms. The van der Waals surface area contributed by atoms with Gasteiger partial charge in [-0.25, -0.2) is 4.98 Å². The molecular weight excluding hydrogens is 448 g/mol. The number of anilines is 2. The number of allylic oxidation sites excluding steroid dienone is 2. The number of hydrogen-bond donors (Lipinski definition) is 2. The van der Waals surface area contributed by atoms with Gasteiger partial charge in [0.1, 0.15) is 0 Å². The zero-order valence-corrected chi connectivity index (χ0v) is 20.0. The molecule has 0 unspecified atom stereocenters. The van der Waals surface area contributed by atoms with Gasteiger partial charge in [0, 0.05) is 24.8 Å². The number of benzene rings is 2. The molecule has 2 N–H and O–H groups in total. The quantitative estimate of drug-likeness (QED) is 0.272. The van der Waals surface area contributed by atoms with E-state index in [-0.39, 0.29) is 23.1 Å². The Kier molecular flexibility index (Phi) is 7.80. The van der Waals surface area contributed by atoms with Gasteiger partial charge >= 0.3 is 0 Å². The maximum atomic E-state index is 13.2. The van der Waals surface area contributed by atoms with Gasteiger partial charge in [-0.15, -0.1) is 0 Å². The van der Waals surface area contributed by atoms with E-state index in [1.165, 1.54) is 37.1 Å². The lowest BCUT2D eigenvalue weighted by Gasteiger charge is -2.16. The Morgan fingerprint density at radius 2 is 1.76 bits per heavy atom. The van der Waals surface area contributed by atoms with Crippen molar-refractivity contribution in [3.8, 4) is 0 Å². The SMILES string of the molecule is CC(=O)Nc1ccc(NC(=O)CSc2nc3ccccc3c(=O)n2CCC2=CCCCC2)cc1. The number of carbonyl (C=O) groups is 2. The van der Waals surface area contributed by atoms with Crippen LogP contribution in [0.15, 0.2) is 70.1 Å². The molecule has 4 rings (SSSR count). The van der Waals surface area contributed by atoms with E-state index in [4.69, 9.17) is 4.98 Å². The summed E-state index contributed by atoms with van der Waals surface area (Å²) in [6, 6.07) is 14.2. The number of amides is 2. The first-order chi connectivity index (χ1) is 16.5. The summed E-state index contributed by atoms with van der Waals surface area (Å²) in [4.78, 5) is 41.7. The minimum atomic E-state index is -0.193. The van der Waals surface area contributed by atoms with Crippen LogP contribution in [-0.2, 0) is 16.1 Å². The molecule has 0 spiro atoms. The van der Waals surface area contributed by atoms with Gasteiger partial charge in [0.05, 0.1) is 16.7 Å². The van der Waals surface area contributed by atoms with Crippen molar-refractivity contribution >= 4 is 45.9 Å². The second kappa shape index (κ2) is 11.2. The maximum absolute atomic E-state index is 13.2. The van der Waals surface area contributed by atoms with Crippen LogP contribution in [0.4, 0.5) is 11.4 Å². The number of fused-ring (bicyclic) bond motifs is 1. The van der Waals surface area contributed by atoms with E-state index in [1.54, 1.807) is 34.9 Å². The van der Waals surface area contributed by atoms with Crippen molar-refractivity contribution in [2.75, 3.05) is 16.4 Å². The van der Waals surface area contributed by atoms with Gasteiger partial charge in [-0.2, -0.15) is 0 Å². The van der Waals surface area contributed by atoms with Crippen molar-refractivity contribution in [2.24, 2.45) is 0 Å². The van der Waals surface area contributed by atoms with Crippen LogP contribution in [0.2, 0.25) is 0 Å². The molecule has 0 saturated heterocycles. The van der Waals surface area contributed by atoms with Crippen LogP contribution >= 0.6 is 11.8 Å². The molecule has 1 aromatic heterocycles. The van der Waals surface area contributed by atoms with Gasteiger partial charge < -0.3 is 10.6 Å². The second-order valence-corrected chi connectivity index (χ2v) is 9.26. The summed E-state index contributed by atoms with van der Waals surface area (Å²) >= 11 is 1.26. The lowest BCUT2D eigenvalue weighted by molar-refractivity contribution is -0.114. The van der Waals surface area contributed by atoms with Crippen molar-refractivity contribution < 1.29 is 9.59 Å². The number of nitrogens with one attached hydrogen (secondary N) is 2. The molecule has 0 radical (unpaired) electrons. The average Bonchev–Trinajstić information content (AvgIpc) is 2.84. The number of aromatic nitrogens is 2. The molecule has 0 aliphatic heterocycles. The van der Waals surface area contributed by atoms with Gasteiger partial charge in [-0.05, 0) is 68.5 Å². The molecule has 2 amide bonds. The van der Waals surface area contributed by atoms with Crippen LogP contribution in [0.1, 0.15) is 39.0 Å². The molecule has 1 aliphatic carbocycles. The fourth-order valence-electron chi connectivity index (χ4n) is 4.01. The lowest BCUT2D eigenvalue weighted by atomic mass is 9.97. The van der Waals surface area contributed by atoms with E-state index in [0.29, 0.717) is 34.0 Å². The first-order valence-electron chi connectivity index (χ1n) is 11.5. The standard InChI is InChI=1S/C26H28N4O3S/c1-18(31)27-20-11-13-21(14-12-20)28-24(32)17-34-26-29-23-10-6-5-9-22(23)25(33)30(26)16-15-19-7-3-2-4-8-19/h5-7,9-14H,2-4,8,15-17H2,1H3,(H,27,31)(H,28,32). The van der Waals surface area contributed by atoms with Crippen LogP contribution in [0.3, 0.4) is 0 Å². The summed E-state index contributed by atoms with van der Waals surface area (Å²) in [7, 11) is 0. The number of hydrogen-bond acceptors (Lipinski definition) is 5. The summed E-state index contributed by atoms with van der Waals surface area (Å²) < 4.78 is 1.71. The van der Waals surface area contributed by atoms with E-state index >= 15 is 0 Å². The van der Waals surface area contributed by atoms with E-state index < -0.39 is 0 Å². The summed E-state index contributed by atoms with van der Waals surface area (Å²) in [6.45, 7) is 2.00. The highest BCUT2D eigenvalue weighted by molar-refractivity contribution is 7.99. The first kappa shape index (κ1) is 23.8. The molecule has 0 saturated carbocycles. The maximum Gasteiger partial charge on any atom is 0.262 e. The Bertz CT molecular complexity index is 1280. The van der Waals surface area contributed by atoms with Crippen molar-refractivity contribution in [2.45, 2.75) is 50.7 Å². The number of thioether (sulfide) groups is 1. The van der Waals surface area contributed by atoms with Gasteiger partial charge in [-0.1, -0.05) is 35.5 Å². The van der Waals surface area contributed by atoms with Gasteiger partial charge in [0.2, 0.25) is 11.8 Å². The van der Waals surface area contributed by atoms with Crippen molar-refractivity contribution in [1.29, 1.82) is 0 Å². The van der Waals surface area contributed by atoms with E-state index in [9.17, 15) is 14.4 Å². The molecule has 2 aromatic carbocycles. The lowest BCUT2D eigenvalue weighted by Crippen LogP contribution is -2.24. The van der Waals surface area contributed by atoms with Gasteiger partial charge in [0.25, 0.3) is 5.56 Å². The van der Waals surface area contributed by atoms with E-state index in [0.717, 1.165) is 19.3 Å². The smallest absolute Gasteiger partial charge is 0.262 e. The Labute approximate surface area is 202 Å². The molecule has 8 heteroatoms. The monoisotopic (exact) mass is 476 g/mol. The largest absolute Gasteiger partial charge is 0.326 e. The normalized spacial score (nSPS) is 13.4. The third-order valence-electron chi connectivity index (χ3n) is 5.69. The average molecular weight is 477 g/mol. The zero-order chi connectivity index (χ0) is 23.9. The summed E-state index contributed by atoms with van der Waals surface area (Å²) in [6.07, 6.45) is 7.73. The fraction of sp³-hybridized carbons (Fsp3) is 0.308. The molecule has 1 aliphatic rings. The molecule has 0 fully saturated rings. The zero-order valence-electron chi connectivity index (χ0n) is 19.2. The first-order valence-corrected chi connectivity index (χ1v) is 12.5. The molecule has 7 nitrogen and oxygen atoms in total. The van der Waals surface area contributed by atoms with Gasteiger partial charge in [0.15, 0.2) is 5.16 Å². The molecule has 0 atom stereocenters. The minimum absolute atomic E-state index is 0.0709. The minimum Gasteiger partial charge on any atom is -0.326 e. The number of rotatable bonds is 8. The number of nitrogens with zero attached hydrogens (tertiary/aromatic N) is 2. The predicted molar refractivity (Wildman–Crippen MR) is 137 cm³/mol. The molecule has 3 aromatic rings. The van der Waals surface area contributed by atoms with Crippen LogP contribution in [0, 0.1) is 0 Å². The fourth-order valence-corrected chi connectivity index (χ4v) is 4.83. The predicted octanol–water partition coefficient (Wildman–Crippen LogP) is 4.98. The summed E-state index contributed by atoms with van der Waals surface area (Å²) in [5.74, 6) is -0.218. The Hall–Kier alpha value is -3.39. The van der Waals surface area contributed by atoms with Crippen LogP contribution in [0.5, 0.6) is 0 Å². The highest BCUT2D eigenvalue weighted by atomic mass is 32.2. The Morgan fingerprint density at radius 1 is 1.03 bits per heavy atom. The molecule has 1 heterocycles. The third kappa shape index (κ3) is 6.14. The highest BCUT2D eigenvalue weighted by Gasteiger charge is 2.14. The molecule has 176 valence electrons. The van der Waals surface area contributed by atoms with Crippen molar-refractivity contribution in [3.05, 3.63) is 70.5 Å². The molecule has 0 bridgehead atoms. The number of carbonyl (C=O) groups excluding carboxylic acids is 2. The van der Waals surface area contributed by atoms with Crippen molar-refractivity contribution in [3.63, 3.8) is 0 Å². The third-order valence-corrected chi connectivity index (χ3v) is 6.67. The van der Waals surface area contributed by atoms with E-state index in [2.05, 4.69) is 16.7 Å². The van der Waals surface area contributed by atoms with Gasteiger partial charge in [-0.3, -0.25) is 19.0 Å². The topological polar surface area (TPSA) is 93.1 Å². The Balaban J connectivity index is 1.47. The van der Waals surface area contributed by atoms with Crippen LogP contribution in [-0.4, -0.2) is 27.1 Å². The molecular formula is C26H28N4O3S. The van der Waals surface area contributed by atoms with Crippen LogP contribution < -0.4 is 16.2 Å². The Morgan fingerprint density at radius 3 is 2.47 bits per heavy atom.